The molecule has 5 nitrogen and oxygen atoms in total. The van der Waals surface area contributed by atoms with Crippen LogP contribution in [0.1, 0.15) is 17.8 Å². The number of pyridine rings is 1. The Labute approximate surface area is 120 Å². The second-order valence-corrected chi connectivity index (χ2v) is 7.02. The Hall–Kier alpha value is -1.02. The minimum Gasteiger partial charge on any atom is -0.249 e. The Morgan fingerprint density at radius 1 is 1.42 bits per heavy atom. The molecule has 19 heavy (non-hydrogen) atoms. The maximum Gasteiger partial charge on any atom is 0.242 e. The second-order valence-electron chi connectivity index (χ2n) is 3.94. The van der Waals surface area contributed by atoms with Crippen molar-refractivity contribution in [2.24, 2.45) is 0 Å². The Balaban J connectivity index is 2.04. The first-order valence-electron chi connectivity index (χ1n) is 5.49. The highest BCUT2D eigenvalue weighted by molar-refractivity contribution is 7.89. The van der Waals surface area contributed by atoms with Gasteiger partial charge in [0.05, 0.1) is 5.01 Å². The third-order valence-electron chi connectivity index (χ3n) is 2.46. The largest absolute Gasteiger partial charge is 0.249 e. The van der Waals surface area contributed by atoms with Crippen LogP contribution in [0.5, 0.6) is 0 Å². The summed E-state index contributed by atoms with van der Waals surface area (Å²) < 4.78 is 26.6. The Kier molecular flexibility index (Phi) is 4.51. The minimum atomic E-state index is -3.56. The van der Waals surface area contributed by atoms with Crippen molar-refractivity contribution in [3.05, 3.63) is 40.1 Å². The molecule has 2 heterocycles. The summed E-state index contributed by atoms with van der Waals surface area (Å²) in [5.41, 5.74) is 0. The average molecular weight is 318 g/mol. The molecule has 1 N–H and O–H groups in total. The Morgan fingerprint density at radius 2 is 2.21 bits per heavy atom. The molecule has 2 aromatic heterocycles. The van der Waals surface area contributed by atoms with E-state index in [4.69, 9.17) is 11.6 Å². The highest BCUT2D eigenvalue weighted by atomic mass is 35.5. The minimum absolute atomic E-state index is 0.0232. The van der Waals surface area contributed by atoms with Gasteiger partial charge in [0.1, 0.15) is 10.0 Å². The first kappa shape index (κ1) is 14.4. The zero-order valence-electron chi connectivity index (χ0n) is 10.1. The van der Waals surface area contributed by atoms with Gasteiger partial charge in [-0.15, -0.1) is 11.3 Å². The number of aromatic nitrogens is 2. The molecule has 2 rings (SSSR count). The summed E-state index contributed by atoms with van der Waals surface area (Å²) in [7, 11) is -3.56. The third-order valence-corrected chi connectivity index (χ3v) is 5.10. The van der Waals surface area contributed by atoms with Gasteiger partial charge in [0, 0.05) is 30.2 Å². The van der Waals surface area contributed by atoms with Crippen LogP contribution in [-0.2, 0) is 10.0 Å². The van der Waals surface area contributed by atoms with E-state index < -0.39 is 10.0 Å². The van der Waals surface area contributed by atoms with E-state index in [0.29, 0.717) is 6.54 Å². The number of rotatable bonds is 5. The van der Waals surface area contributed by atoms with Gasteiger partial charge in [0.2, 0.25) is 10.0 Å². The smallest absolute Gasteiger partial charge is 0.242 e. The average Bonchev–Trinajstić information content (AvgIpc) is 2.90. The molecule has 0 radical (unpaired) electrons. The van der Waals surface area contributed by atoms with Gasteiger partial charge in [0.25, 0.3) is 0 Å². The van der Waals surface area contributed by atoms with Gasteiger partial charge in [-0.05, 0) is 12.1 Å². The molecular weight excluding hydrogens is 306 g/mol. The van der Waals surface area contributed by atoms with Crippen molar-refractivity contribution >= 4 is 33.0 Å². The lowest BCUT2D eigenvalue weighted by atomic mass is 10.2. The van der Waals surface area contributed by atoms with E-state index in [1.807, 2.05) is 12.3 Å². The van der Waals surface area contributed by atoms with Crippen LogP contribution in [0, 0.1) is 0 Å². The van der Waals surface area contributed by atoms with Crippen LogP contribution in [0.3, 0.4) is 0 Å². The van der Waals surface area contributed by atoms with Crippen LogP contribution in [0.2, 0.25) is 5.15 Å². The molecule has 0 amide bonds. The van der Waals surface area contributed by atoms with Gasteiger partial charge in [-0.1, -0.05) is 18.5 Å². The van der Waals surface area contributed by atoms with Crippen molar-refractivity contribution in [3.63, 3.8) is 0 Å². The van der Waals surface area contributed by atoms with E-state index in [0.717, 1.165) is 5.01 Å². The molecule has 2 aromatic rings. The lowest BCUT2D eigenvalue weighted by Crippen LogP contribution is -2.27. The summed E-state index contributed by atoms with van der Waals surface area (Å²) >= 11 is 7.13. The van der Waals surface area contributed by atoms with Crippen molar-refractivity contribution in [3.8, 4) is 0 Å². The second kappa shape index (κ2) is 5.96. The first-order valence-corrected chi connectivity index (χ1v) is 8.24. The number of halogens is 1. The summed E-state index contributed by atoms with van der Waals surface area (Å²) in [5.74, 6) is 0.0232. The van der Waals surface area contributed by atoms with E-state index in [1.54, 1.807) is 6.20 Å². The molecule has 0 aliphatic heterocycles. The number of thiazole rings is 1. The quantitative estimate of drug-likeness (QED) is 0.859. The van der Waals surface area contributed by atoms with Crippen LogP contribution in [0.4, 0.5) is 0 Å². The van der Waals surface area contributed by atoms with E-state index >= 15 is 0 Å². The van der Waals surface area contributed by atoms with Crippen LogP contribution >= 0.6 is 22.9 Å². The van der Waals surface area contributed by atoms with Gasteiger partial charge < -0.3 is 0 Å². The van der Waals surface area contributed by atoms with Gasteiger partial charge in [-0.3, -0.25) is 0 Å². The molecule has 0 bridgehead atoms. The first-order chi connectivity index (χ1) is 8.99. The molecule has 0 saturated heterocycles. The molecular formula is C11H12ClN3O2S2. The maximum absolute atomic E-state index is 12.0. The van der Waals surface area contributed by atoms with Crippen molar-refractivity contribution in [2.75, 3.05) is 6.54 Å². The topological polar surface area (TPSA) is 72.0 Å². The summed E-state index contributed by atoms with van der Waals surface area (Å²) in [4.78, 5) is 8.01. The fraction of sp³-hybridized carbons (Fsp3) is 0.273. The molecule has 1 atom stereocenters. The lowest BCUT2D eigenvalue weighted by molar-refractivity contribution is 0.574. The molecule has 0 saturated carbocycles. The van der Waals surface area contributed by atoms with E-state index in [1.165, 1.54) is 29.7 Å². The highest BCUT2D eigenvalue weighted by Crippen LogP contribution is 2.17. The third kappa shape index (κ3) is 3.73. The van der Waals surface area contributed by atoms with Gasteiger partial charge in [-0.2, -0.15) is 0 Å². The molecule has 0 fully saturated rings. The zero-order valence-corrected chi connectivity index (χ0v) is 12.5. The number of nitrogens with one attached hydrogen (secondary N) is 1. The maximum atomic E-state index is 12.0. The van der Waals surface area contributed by atoms with Crippen molar-refractivity contribution in [2.45, 2.75) is 17.7 Å². The van der Waals surface area contributed by atoms with Gasteiger partial charge in [0.15, 0.2) is 0 Å². The van der Waals surface area contributed by atoms with Crippen LogP contribution in [0.25, 0.3) is 0 Å². The SMILES string of the molecule is CC(CNS(=O)(=O)c1ccc(Cl)nc1)c1nccs1. The van der Waals surface area contributed by atoms with Gasteiger partial charge in [-0.25, -0.2) is 23.1 Å². The van der Waals surface area contributed by atoms with Gasteiger partial charge >= 0.3 is 0 Å². The standard InChI is InChI=1S/C11H12ClN3O2S2/c1-8(11-13-4-5-18-11)6-15-19(16,17)9-2-3-10(12)14-7-9/h2-5,7-8,15H,6H2,1H3. The van der Waals surface area contributed by atoms with Crippen molar-refractivity contribution in [1.29, 1.82) is 0 Å². The number of hydrogen-bond acceptors (Lipinski definition) is 5. The number of sulfonamides is 1. The zero-order chi connectivity index (χ0) is 13.9. The number of nitrogens with zero attached hydrogens (tertiary/aromatic N) is 2. The normalized spacial score (nSPS) is 13.4. The lowest BCUT2D eigenvalue weighted by Gasteiger charge is -2.10. The number of hydrogen-bond donors (Lipinski definition) is 1. The predicted octanol–water partition coefficient (Wildman–Crippen LogP) is 2.27. The Bertz CT molecular complexity index is 626. The van der Waals surface area contributed by atoms with E-state index in [9.17, 15) is 8.42 Å². The fourth-order valence-electron chi connectivity index (χ4n) is 1.40. The van der Waals surface area contributed by atoms with Crippen LogP contribution in [-0.4, -0.2) is 24.9 Å². The Morgan fingerprint density at radius 3 is 2.79 bits per heavy atom. The molecule has 0 aromatic carbocycles. The summed E-state index contributed by atoms with van der Waals surface area (Å²) in [6, 6.07) is 2.87. The van der Waals surface area contributed by atoms with E-state index in [-0.39, 0.29) is 16.0 Å². The molecule has 1 unspecified atom stereocenters. The molecule has 0 aliphatic rings. The summed E-state index contributed by atoms with van der Waals surface area (Å²) in [5, 5.41) is 3.02. The molecule has 102 valence electrons. The summed E-state index contributed by atoms with van der Waals surface area (Å²) in [6.07, 6.45) is 2.94. The molecule has 0 spiro atoms. The fourth-order valence-corrected chi connectivity index (χ4v) is 3.29. The molecule has 0 aliphatic carbocycles. The van der Waals surface area contributed by atoms with E-state index in [2.05, 4.69) is 14.7 Å². The van der Waals surface area contributed by atoms with Crippen LogP contribution < -0.4 is 4.72 Å². The monoisotopic (exact) mass is 317 g/mol. The van der Waals surface area contributed by atoms with Crippen molar-refractivity contribution in [1.82, 2.24) is 14.7 Å². The van der Waals surface area contributed by atoms with Crippen molar-refractivity contribution < 1.29 is 8.42 Å². The predicted molar refractivity (Wildman–Crippen MR) is 75.0 cm³/mol. The molecule has 8 heteroatoms. The van der Waals surface area contributed by atoms with Crippen LogP contribution in [0.15, 0.2) is 34.8 Å². The highest BCUT2D eigenvalue weighted by Gasteiger charge is 2.17. The summed E-state index contributed by atoms with van der Waals surface area (Å²) in [6.45, 7) is 2.21.